The highest BCUT2D eigenvalue weighted by atomic mass is 16.6. The predicted molar refractivity (Wildman–Crippen MR) is 113 cm³/mol. The van der Waals surface area contributed by atoms with E-state index in [1.165, 1.54) is 0 Å². The molecule has 0 saturated carbocycles. The van der Waals surface area contributed by atoms with Crippen LogP contribution in [0.4, 0.5) is 0 Å². The van der Waals surface area contributed by atoms with Gasteiger partial charge < -0.3 is 14.2 Å². The Labute approximate surface area is 169 Å². The molecule has 0 spiro atoms. The number of cyclic esters (lactones) is 1. The topological polar surface area (TPSA) is 57.1 Å². The molecular weight excluding hydrogens is 366 g/mol. The lowest BCUT2D eigenvalue weighted by Gasteiger charge is -2.13. The Bertz CT molecular complexity index is 1140. The highest BCUT2D eigenvalue weighted by molar-refractivity contribution is 6.17. The van der Waals surface area contributed by atoms with Gasteiger partial charge in [0.25, 0.3) is 0 Å². The third-order valence-electron chi connectivity index (χ3n) is 4.49. The first-order valence-electron chi connectivity index (χ1n) is 9.40. The quantitative estimate of drug-likeness (QED) is 0.458. The van der Waals surface area contributed by atoms with E-state index in [2.05, 4.69) is 4.99 Å². The van der Waals surface area contributed by atoms with Crippen molar-refractivity contribution in [2.45, 2.75) is 20.0 Å². The molecule has 3 aromatic rings. The molecule has 0 aliphatic carbocycles. The molecule has 0 amide bonds. The van der Waals surface area contributed by atoms with Crippen LogP contribution >= 0.6 is 0 Å². The SMILES string of the molecule is COc1ccc(/C=C2\N=C(c3cccc4ccccc34)OC2=O)cc1OC(C)C. The second kappa shape index (κ2) is 7.80. The molecule has 0 N–H and O–H groups in total. The maximum Gasteiger partial charge on any atom is 0.363 e. The van der Waals surface area contributed by atoms with Crippen molar-refractivity contribution in [3.8, 4) is 11.5 Å². The Morgan fingerprint density at radius 3 is 2.59 bits per heavy atom. The van der Waals surface area contributed by atoms with Crippen molar-refractivity contribution >= 4 is 28.7 Å². The molecular formula is C24H21NO4. The molecule has 1 aliphatic heterocycles. The second-order valence-electron chi connectivity index (χ2n) is 6.94. The lowest BCUT2D eigenvalue weighted by atomic mass is 10.0. The zero-order valence-corrected chi connectivity index (χ0v) is 16.5. The summed E-state index contributed by atoms with van der Waals surface area (Å²) in [6.07, 6.45) is 1.69. The number of esters is 1. The van der Waals surface area contributed by atoms with Crippen LogP contribution < -0.4 is 9.47 Å². The van der Waals surface area contributed by atoms with Gasteiger partial charge in [0.2, 0.25) is 5.90 Å². The molecule has 1 aliphatic rings. The molecule has 0 radical (unpaired) electrons. The average Bonchev–Trinajstić information content (AvgIpc) is 3.07. The molecule has 0 saturated heterocycles. The molecule has 5 heteroatoms. The van der Waals surface area contributed by atoms with Crippen molar-refractivity contribution in [2.24, 2.45) is 4.99 Å². The molecule has 0 atom stereocenters. The van der Waals surface area contributed by atoms with Crippen LogP contribution in [0.25, 0.3) is 16.8 Å². The van der Waals surface area contributed by atoms with E-state index < -0.39 is 5.97 Å². The van der Waals surface area contributed by atoms with Gasteiger partial charge in [0.05, 0.1) is 13.2 Å². The molecule has 0 aromatic heterocycles. The third-order valence-corrected chi connectivity index (χ3v) is 4.49. The van der Waals surface area contributed by atoms with Crippen molar-refractivity contribution in [1.29, 1.82) is 0 Å². The first-order valence-corrected chi connectivity index (χ1v) is 9.40. The predicted octanol–water partition coefficient (Wildman–Crippen LogP) is 4.98. The minimum absolute atomic E-state index is 0.000709. The summed E-state index contributed by atoms with van der Waals surface area (Å²) >= 11 is 0. The number of rotatable bonds is 5. The zero-order chi connectivity index (χ0) is 20.4. The smallest absolute Gasteiger partial charge is 0.363 e. The van der Waals surface area contributed by atoms with E-state index >= 15 is 0 Å². The van der Waals surface area contributed by atoms with Crippen LogP contribution in [0, 0.1) is 0 Å². The van der Waals surface area contributed by atoms with Crippen molar-refractivity contribution in [1.82, 2.24) is 0 Å². The molecule has 3 aromatic carbocycles. The minimum atomic E-state index is -0.477. The first kappa shape index (κ1) is 18.7. The van der Waals surface area contributed by atoms with Crippen LogP contribution in [0.5, 0.6) is 11.5 Å². The molecule has 0 bridgehead atoms. The van der Waals surface area contributed by atoms with Gasteiger partial charge >= 0.3 is 5.97 Å². The van der Waals surface area contributed by atoms with Crippen molar-refractivity contribution in [3.63, 3.8) is 0 Å². The number of fused-ring (bicyclic) bond motifs is 1. The van der Waals surface area contributed by atoms with E-state index in [0.717, 1.165) is 21.9 Å². The van der Waals surface area contributed by atoms with Crippen LogP contribution in [0.15, 0.2) is 71.4 Å². The van der Waals surface area contributed by atoms with Gasteiger partial charge in [0.1, 0.15) is 0 Å². The first-order chi connectivity index (χ1) is 14.0. The standard InChI is InChI=1S/C24H21NO4/c1-15(2)28-22-14-16(11-12-21(22)27-3)13-20-24(26)29-23(25-20)19-10-6-8-17-7-4-5-9-18(17)19/h4-15H,1-3H3/b20-13-. The number of carbonyl (C=O) groups is 1. The normalized spacial score (nSPS) is 15.0. The molecule has 1 heterocycles. The van der Waals surface area contributed by atoms with Gasteiger partial charge in [-0.3, -0.25) is 0 Å². The summed E-state index contributed by atoms with van der Waals surface area (Å²) in [6, 6.07) is 19.2. The van der Waals surface area contributed by atoms with Crippen LogP contribution in [-0.2, 0) is 9.53 Å². The monoisotopic (exact) mass is 387 g/mol. The summed E-state index contributed by atoms with van der Waals surface area (Å²) in [6.45, 7) is 3.89. The Morgan fingerprint density at radius 2 is 1.79 bits per heavy atom. The number of benzene rings is 3. The minimum Gasteiger partial charge on any atom is -0.493 e. The van der Waals surface area contributed by atoms with E-state index in [1.54, 1.807) is 19.3 Å². The van der Waals surface area contributed by atoms with E-state index in [-0.39, 0.29) is 11.8 Å². The van der Waals surface area contributed by atoms with Gasteiger partial charge in [-0.2, -0.15) is 0 Å². The maximum absolute atomic E-state index is 12.4. The fourth-order valence-electron chi connectivity index (χ4n) is 3.22. The van der Waals surface area contributed by atoms with Gasteiger partial charge in [-0.1, -0.05) is 42.5 Å². The number of aliphatic imine (C=N–C) groups is 1. The lowest BCUT2D eigenvalue weighted by molar-refractivity contribution is -0.129. The summed E-state index contributed by atoms with van der Waals surface area (Å²) in [5.74, 6) is 1.08. The van der Waals surface area contributed by atoms with Crippen LogP contribution in [0.3, 0.4) is 0 Å². The van der Waals surface area contributed by atoms with Crippen LogP contribution in [0.1, 0.15) is 25.0 Å². The van der Waals surface area contributed by atoms with E-state index in [4.69, 9.17) is 14.2 Å². The van der Waals surface area contributed by atoms with E-state index in [0.29, 0.717) is 17.4 Å². The number of nitrogens with zero attached hydrogens (tertiary/aromatic N) is 1. The Morgan fingerprint density at radius 1 is 1.00 bits per heavy atom. The fraction of sp³-hybridized carbons (Fsp3) is 0.167. The summed E-state index contributed by atoms with van der Waals surface area (Å²) in [4.78, 5) is 16.9. The average molecular weight is 387 g/mol. The van der Waals surface area contributed by atoms with Gasteiger partial charge in [-0.25, -0.2) is 9.79 Å². The summed E-state index contributed by atoms with van der Waals surface area (Å²) in [7, 11) is 1.59. The van der Waals surface area contributed by atoms with Gasteiger partial charge in [-0.05, 0) is 54.5 Å². The summed E-state index contributed by atoms with van der Waals surface area (Å²) < 4.78 is 16.6. The third kappa shape index (κ3) is 3.85. The van der Waals surface area contributed by atoms with Crippen molar-refractivity contribution < 1.29 is 19.0 Å². The number of hydrogen-bond acceptors (Lipinski definition) is 5. The summed E-state index contributed by atoms with van der Waals surface area (Å²) in [5, 5.41) is 2.05. The zero-order valence-electron chi connectivity index (χ0n) is 16.5. The van der Waals surface area contributed by atoms with Crippen LogP contribution in [-0.4, -0.2) is 25.1 Å². The summed E-state index contributed by atoms with van der Waals surface area (Å²) in [5.41, 5.74) is 1.81. The number of hydrogen-bond donors (Lipinski definition) is 0. The number of methoxy groups -OCH3 is 1. The largest absolute Gasteiger partial charge is 0.493 e. The lowest BCUT2D eigenvalue weighted by Crippen LogP contribution is -2.07. The van der Waals surface area contributed by atoms with Gasteiger partial charge in [-0.15, -0.1) is 0 Å². The highest BCUT2D eigenvalue weighted by Gasteiger charge is 2.25. The van der Waals surface area contributed by atoms with Crippen LogP contribution in [0.2, 0.25) is 0 Å². The second-order valence-corrected chi connectivity index (χ2v) is 6.94. The molecule has 0 fully saturated rings. The number of ether oxygens (including phenoxy) is 3. The molecule has 29 heavy (non-hydrogen) atoms. The highest BCUT2D eigenvalue weighted by Crippen LogP contribution is 2.31. The molecule has 0 unspecified atom stereocenters. The Hall–Kier alpha value is -3.60. The van der Waals surface area contributed by atoms with Gasteiger partial charge in [0.15, 0.2) is 17.2 Å². The molecule has 4 rings (SSSR count). The van der Waals surface area contributed by atoms with E-state index in [9.17, 15) is 4.79 Å². The van der Waals surface area contributed by atoms with E-state index in [1.807, 2.05) is 68.4 Å². The maximum atomic E-state index is 12.4. The van der Waals surface area contributed by atoms with Gasteiger partial charge in [0, 0.05) is 5.56 Å². The molecule has 146 valence electrons. The van der Waals surface area contributed by atoms with Crippen molar-refractivity contribution in [3.05, 3.63) is 77.5 Å². The molecule has 5 nitrogen and oxygen atoms in total. The Kier molecular flexibility index (Phi) is 5.04. The Balaban J connectivity index is 1.71. The fourth-order valence-corrected chi connectivity index (χ4v) is 3.22. The number of carbonyl (C=O) groups excluding carboxylic acids is 1. The van der Waals surface area contributed by atoms with Crippen molar-refractivity contribution in [2.75, 3.05) is 7.11 Å².